The van der Waals surface area contributed by atoms with Gasteiger partial charge < -0.3 is 14.5 Å². The van der Waals surface area contributed by atoms with Crippen LogP contribution >= 0.6 is 11.3 Å². The number of rotatable bonds is 7. The topological polar surface area (TPSA) is 87.6 Å². The molecule has 0 unspecified atom stereocenters. The molecule has 0 aliphatic heterocycles. The second kappa shape index (κ2) is 9.42. The van der Waals surface area contributed by atoms with Crippen molar-refractivity contribution in [1.82, 2.24) is 5.32 Å². The van der Waals surface area contributed by atoms with E-state index in [4.69, 9.17) is 14.4 Å². The Labute approximate surface area is 178 Å². The van der Waals surface area contributed by atoms with E-state index >= 15 is 0 Å². The van der Waals surface area contributed by atoms with E-state index in [2.05, 4.69) is 10.3 Å². The minimum atomic E-state index is -0.132. The summed E-state index contributed by atoms with van der Waals surface area (Å²) >= 11 is 1.58. The maximum absolute atomic E-state index is 13.0. The number of benzene rings is 1. The molecule has 0 saturated carbocycles. The number of ether oxygens (including phenoxy) is 1. The normalized spacial score (nSPS) is 13.0. The number of para-hydroxylation sites is 1. The number of furan rings is 1. The molecule has 1 amide bonds. The zero-order valence-corrected chi connectivity index (χ0v) is 17.2. The smallest absolute Gasteiger partial charge is 0.255 e. The molecular weight excluding hydrogens is 398 g/mol. The fourth-order valence-electron chi connectivity index (χ4n) is 3.50. The molecular formula is C23H21N3O3S. The van der Waals surface area contributed by atoms with Crippen molar-refractivity contribution in [3.05, 3.63) is 70.0 Å². The number of nitriles is 1. The predicted molar refractivity (Wildman–Crippen MR) is 116 cm³/mol. The van der Waals surface area contributed by atoms with Gasteiger partial charge >= 0.3 is 0 Å². The summed E-state index contributed by atoms with van der Waals surface area (Å²) in [6.45, 7) is 0.309. The van der Waals surface area contributed by atoms with Gasteiger partial charge in [0.25, 0.3) is 5.91 Å². The summed E-state index contributed by atoms with van der Waals surface area (Å²) < 4.78 is 10.8. The Hall–Kier alpha value is -3.37. The number of carbonyl (C=O) groups is 1. The van der Waals surface area contributed by atoms with Gasteiger partial charge in [0.1, 0.15) is 22.6 Å². The van der Waals surface area contributed by atoms with Crippen LogP contribution in [0.3, 0.4) is 0 Å². The molecule has 3 aromatic rings. The van der Waals surface area contributed by atoms with E-state index in [0.717, 1.165) is 36.8 Å². The maximum atomic E-state index is 13.0. The molecule has 152 valence electrons. The van der Waals surface area contributed by atoms with E-state index in [0.29, 0.717) is 28.6 Å². The van der Waals surface area contributed by atoms with E-state index in [1.165, 1.54) is 4.88 Å². The number of hydrogen-bond donors (Lipinski definition) is 1. The highest BCUT2D eigenvalue weighted by molar-refractivity contribution is 7.16. The van der Waals surface area contributed by atoms with E-state index in [1.54, 1.807) is 35.9 Å². The molecule has 0 spiro atoms. The molecule has 1 aromatic carbocycles. The molecule has 1 N–H and O–H groups in total. The number of carbonyl (C=O) groups excluding carboxylic acids is 1. The SMILES string of the molecule is N#CCOc1ccccc1C=Nc1sc2c(c1C(=O)NCc1ccco1)CCCC2. The van der Waals surface area contributed by atoms with Crippen LogP contribution in [-0.4, -0.2) is 18.7 Å². The molecule has 0 atom stereocenters. The van der Waals surface area contributed by atoms with E-state index in [1.807, 2.05) is 30.3 Å². The molecule has 0 saturated heterocycles. The Morgan fingerprint density at radius 1 is 1.27 bits per heavy atom. The molecule has 7 heteroatoms. The fourth-order valence-corrected chi connectivity index (χ4v) is 4.73. The number of amides is 1. The summed E-state index contributed by atoms with van der Waals surface area (Å²) in [5.74, 6) is 1.17. The quantitative estimate of drug-likeness (QED) is 0.557. The maximum Gasteiger partial charge on any atom is 0.255 e. The van der Waals surface area contributed by atoms with Crippen LogP contribution < -0.4 is 10.1 Å². The highest BCUT2D eigenvalue weighted by Gasteiger charge is 2.25. The van der Waals surface area contributed by atoms with Crippen molar-refractivity contribution >= 4 is 28.5 Å². The number of fused-ring (bicyclic) bond motifs is 1. The predicted octanol–water partition coefficient (Wildman–Crippen LogP) is 4.80. The number of thiophene rings is 1. The van der Waals surface area contributed by atoms with Crippen molar-refractivity contribution in [1.29, 1.82) is 5.26 Å². The van der Waals surface area contributed by atoms with Crippen LogP contribution in [0.2, 0.25) is 0 Å². The molecule has 2 heterocycles. The van der Waals surface area contributed by atoms with Crippen molar-refractivity contribution in [2.75, 3.05) is 6.61 Å². The van der Waals surface area contributed by atoms with Crippen LogP contribution in [0.15, 0.2) is 52.1 Å². The minimum absolute atomic E-state index is 0.0292. The van der Waals surface area contributed by atoms with Crippen LogP contribution in [0.4, 0.5) is 5.00 Å². The standard InChI is InChI=1S/C23H21N3O3S/c24-11-13-29-19-9-3-1-6-16(19)14-26-23-21(18-8-2-4-10-20(18)30-23)22(27)25-15-17-7-5-12-28-17/h1,3,5-7,9,12,14H,2,4,8,10,13,15H2,(H,25,27). The van der Waals surface area contributed by atoms with Gasteiger partial charge in [-0.2, -0.15) is 5.26 Å². The van der Waals surface area contributed by atoms with Crippen LogP contribution in [0, 0.1) is 11.3 Å². The lowest BCUT2D eigenvalue weighted by Crippen LogP contribution is -2.23. The molecule has 1 aliphatic carbocycles. The van der Waals surface area contributed by atoms with E-state index in [-0.39, 0.29) is 12.5 Å². The largest absolute Gasteiger partial charge is 0.478 e. The third-order valence-corrected chi connectivity index (χ3v) is 6.11. The summed E-state index contributed by atoms with van der Waals surface area (Å²) in [5, 5.41) is 12.4. The zero-order valence-electron chi connectivity index (χ0n) is 16.4. The first-order valence-electron chi connectivity index (χ1n) is 9.84. The van der Waals surface area contributed by atoms with Crippen LogP contribution in [0.5, 0.6) is 5.75 Å². The number of hydrogen-bond acceptors (Lipinski definition) is 6. The fraction of sp³-hybridized carbons (Fsp3) is 0.261. The lowest BCUT2D eigenvalue weighted by Gasteiger charge is -2.12. The highest BCUT2D eigenvalue weighted by atomic mass is 32.1. The van der Waals surface area contributed by atoms with Crippen molar-refractivity contribution < 1.29 is 13.9 Å². The lowest BCUT2D eigenvalue weighted by atomic mass is 9.95. The third kappa shape index (κ3) is 4.44. The monoisotopic (exact) mass is 419 g/mol. The van der Waals surface area contributed by atoms with Gasteiger partial charge in [-0.15, -0.1) is 11.3 Å². The lowest BCUT2D eigenvalue weighted by molar-refractivity contribution is 0.0948. The Balaban J connectivity index is 1.62. The Morgan fingerprint density at radius 2 is 2.13 bits per heavy atom. The molecule has 2 aromatic heterocycles. The summed E-state index contributed by atoms with van der Waals surface area (Å²) in [5.41, 5.74) is 2.54. The zero-order chi connectivity index (χ0) is 20.8. The van der Waals surface area contributed by atoms with E-state index in [9.17, 15) is 4.79 Å². The second-order valence-corrected chi connectivity index (χ2v) is 7.98. The summed E-state index contributed by atoms with van der Waals surface area (Å²) in [6, 6.07) is 13.0. The van der Waals surface area contributed by atoms with Gasteiger partial charge in [0.05, 0.1) is 18.4 Å². The average molecular weight is 420 g/mol. The summed E-state index contributed by atoms with van der Waals surface area (Å²) in [4.78, 5) is 18.9. The molecule has 4 rings (SSSR count). The van der Waals surface area contributed by atoms with Crippen molar-refractivity contribution in [2.45, 2.75) is 32.2 Å². The minimum Gasteiger partial charge on any atom is -0.478 e. The van der Waals surface area contributed by atoms with Gasteiger partial charge in [0.15, 0.2) is 6.61 Å². The Kier molecular flexibility index (Phi) is 6.26. The van der Waals surface area contributed by atoms with Gasteiger partial charge in [-0.3, -0.25) is 4.79 Å². The first kappa shape index (κ1) is 19.9. The van der Waals surface area contributed by atoms with Gasteiger partial charge in [0, 0.05) is 16.7 Å². The summed E-state index contributed by atoms with van der Waals surface area (Å²) in [7, 11) is 0. The van der Waals surface area contributed by atoms with Crippen molar-refractivity contribution in [3.63, 3.8) is 0 Å². The highest BCUT2D eigenvalue weighted by Crippen LogP contribution is 2.40. The first-order chi connectivity index (χ1) is 14.8. The number of nitrogens with one attached hydrogen (secondary N) is 1. The molecule has 6 nitrogen and oxygen atoms in total. The molecule has 0 radical (unpaired) electrons. The Morgan fingerprint density at radius 3 is 2.97 bits per heavy atom. The van der Waals surface area contributed by atoms with Gasteiger partial charge in [-0.25, -0.2) is 4.99 Å². The number of aryl methyl sites for hydroxylation is 1. The van der Waals surface area contributed by atoms with Gasteiger partial charge in [-0.05, 0) is 55.5 Å². The summed E-state index contributed by atoms with van der Waals surface area (Å²) in [6.07, 6.45) is 7.39. The molecule has 0 bridgehead atoms. The van der Waals surface area contributed by atoms with Gasteiger partial charge in [0.2, 0.25) is 0 Å². The van der Waals surface area contributed by atoms with Crippen molar-refractivity contribution in [3.8, 4) is 11.8 Å². The van der Waals surface area contributed by atoms with Crippen LogP contribution in [-0.2, 0) is 19.4 Å². The number of aliphatic imine (C=N–C) groups is 1. The van der Waals surface area contributed by atoms with Gasteiger partial charge in [-0.1, -0.05) is 12.1 Å². The molecule has 0 fully saturated rings. The Bertz CT molecular complexity index is 1090. The first-order valence-corrected chi connectivity index (χ1v) is 10.7. The average Bonchev–Trinajstić information content (AvgIpc) is 3.42. The molecule has 1 aliphatic rings. The second-order valence-electron chi connectivity index (χ2n) is 6.90. The third-order valence-electron chi connectivity index (χ3n) is 4.92. The van der Waals surface area contributed by atoms with Crippen LogP contribution in [0.25, 0.3) is 0 Å². The van der Waals surface area contributed by atoms with E-state index < -0.39 is 0 Å². The van der Waals surface area contributed by atoms with Crippen molar-refractivity contribution in [2.24, 2.45) is 4.99 Å². The number of nitrogens with zero attached hydrogens (tertiary/aromatic N) is 2. The molecule has 30 heavy (non-hydrogen) atoms. The van der Waals surface area contributed by atoms with Crippen LogP contribution in [0.1, 0.15) is 45.0 Å².